The first-order valence-corrected chi connectivity index (χ1v) is 6.35. The zero-order valence-corrected chi connectivity index (χ0v) is 11.0. The molecular weight excluding hydrogens is 234 g/mol. The van der Waals surface area contributed by atoms with Gasteiger partial charge in [0.15, 0.2) is 0 Å². The van der Waals surface area contributed by atoms with Gasteiger partial charge >= 0.3 is 12.1 Å². The van der Waals surface area contributed by atoms with Crippen LogP contribution in [0.25, 0.3) is 0 Å². The Bertz CT molecular complexity index is 329. The number of nitrogens with one attached hydrogen (secondary N) is 1. The molecule has 0 saturated heterocycles. The van der Waals surface area contributed by atoms with Crippen molar-refractivity contribution < 1.29 is 19.1 Å². The summed E-state index contributed by atoms with van der Waals surface area (Å²) in [4.78, 5) is 23.4. The van der Waals surface area contributed by atoms with Crippen molar-refractivity contribution in [2.45, 2.75) is 38.6 Å². The van der Waals surface area contributed by atoms with Crippen LogP contribution in [-0.2, 0) is 14.3 Å². The average Bonchev–Trinajstić information content (AvgIpc) is 3.04. The van der Waals surface area contributed by atoms with Crippen molar-refractivity contribution in [2.75, 3.05) is 13.2 Å². The number of ether oxygens (including phenoxy) is 2. The van der Waals surface area contributed by atoms with Crippen LogP contribution in [0.2, 0.25) is 0 Å². The summed E-state index contributed by atoms with van der Waals surface area (Å²) < 4.78 is 9.96. The number of carbonyl (C=O) groups is 2. The molecule has 0 aromatic rings. The summed E-state index contributed by atoms with van der Waals surface area (Å²) >= 11 is 0. The van der Waals surface area contributed by atoms with Crippen LogP contribution < -0.4 is 5.32 Å². The summed E-state index contributed by atoms with van der Waals surface area (Å²) in [6.07, 6.45) is 3.37. The fraction of sp³-hybridized carbons (Fsp3) is 0.692. The zero-order chi connectivity index (χ0) is 13.6. The first-order chi connectivity index (χ1) is 8.60. The molecule has 1 amide bonds. The number of hydrogen-bond donors (Lipinski definition) is 1. The van der Waals surface area contributed by atoms with Crippen molar-refractivity contribution in [2.24, 2.45) is 5.92 Å². The monoisotopic (exact) mass is 255 g/mol. The third kappa shape index (κ3) is 3.24. The molecule has 5 heteroatoms. The van der Waals surface area contributed by atoms with Crippen LogP contribution >= 0.6 is 0 Å². The number of carbonyl (C=O) groups excluding carboxylic acids is 2. The molecule has 0 heterocycles. The Morgan fingerprint density at radius 3 is 2.67 bits per heavy atom. The lowest BCUT2D eigenvalue weighted by atomic mass is 10.2. The van der Waals surface area contributed by atoms with Crippen LogP contribution in [-0.4, -0.2) is 30.8 Å². The van der Waals surface area contributed by atoms with Gasteiger partial charge < -0.3 is 14.8 Å². The van der Waals surface area contributed by atoms with E-state index in [4.69, 9.17) is 9.47 Å². The van der Waals surface area contributed by atoms with Crippen LogP contribution in [0.1, 0.15) is 33.1 Å². The lowest BCUT2D eigenvalue weighted by molar-refractivity contribution is -0.147. The molecule has 0 aromatic heterocycles. The molecule has 1 fully saturated rings. The largest absolute Gasteiger partial charge is 0.464 e. The Kier molecular flexibility index (Phi) is 5.19. The highest BCUT2D eigenvalue weighted by molar-refractivity contribution is 5.90. The van der Waals surface area contributed by atoms with Crippen molar-refractivity contribution >= 4 is 12.1 Å². The van der Waals surface area contributed by atoms with E-state index in [2.05, 4.69) is 11.9 Å². The minimum Gasteiger partial charge on any atom is -0.464 e. The summed E-state index contributed by atoms with van der Waals surface area (Å²) in [5.74, 6) is -0.488. The van der Waals surface area contributed by atoms with Gasteiger partial charge in [-0.1, -0.05) is 19.4 Å². The molecule has 1 unspecified atom stereocenters. The first kappa shape index (κ1) is 14.5. The van der Waals surface area contributed by atoms with Gasteiger partial charge in [0.05, 0.1) is 13.2 Å². The van der Waals surface area contributed by atoms with Crippen LogP contribution in [0.15, 0.2) is 12.7 Å². The molecule has 0 aromatic carbocycles. The Labute approximate surface area is 108 Å². The van der Waals surface area contributed by atoms with Gasteiger partial charge in [0.1, 0.15) is 5.54 Å². The minimum absolute atomic E-state index is 0.0738. The summed E-state index contributed by atoms with van der Waals surface area (Å²) in [6, 6.07) is 0. The van der Waals surface area contributed by atoms with Gasteiger partial charge in [-0.3, -0.25) is 0 Å². The molecular formula is C13H21NO4. The lowest BCUT2D eigenvalue weighted by Crippen LogP contribution is -2.46. The topological polar surface area (TPSA) is 64.6 Å². The molecule has 2 atom stereocenters. The molecule has 1 saturated carbocycles. The van der Waals surface area contributed by atoms with E-state index in [1.807, 2.05) is 6.92 Å². The number of esters is 1. The fourth-order valence-corrected chi connectivity index (χ4v) is 1.79. The van der Waals surface area contributed by atoms with Gasteiger partial charge in [-0.15, -0.1) is 6.58 Å². The number of alkyl carbamates (subject to hydrolysis) is 1. The number of amides is 1. The molecule has 1 rings (SSSR count). The van der Waals surface area contributed by atoms with E-state index in [0.29, 0.717) is 13.0 Å². The van der Waals surface area contributed by atoms with E-state index >= 15 is 0 Å². The highest BCUT2D eigenvalue weighted by Crippen LogP contribution is 2.45. The summed E-state index contributed by atoms with van der Waals surface area (Å²) in [5, 5.41) is 2.60. The second-order valence-electron chi connectivity index (χ2n) is 4.35. The van der Waals surface area contributed by atoms with E-state index in [0.717, 1.165) is 12.8 Å². The van der Waals surface area contributed by atoms with E-state index in [-0.39, 0.29) is 12.5 Å². The summed E-state index contributed by atoms with van der Waals surface area (Å²) in [7, 11) is 0. The Balaban J connectivity index is 2.51. The van der Waals surface area contributed by atoms with Gasteiger partial charge in [0.2, 0.25) is 0 Å². The minimum atomic E-state index is -0.957. The molecule has 0 spiro atoms. The van der Waals surface area contributed by atoms with Gasteiger partial charge in [0.25, 0.3) is 0 Å². The van der Waals surface area contributed by atoms with Gasteiger partial charge in [-0.05, 0) is 19.8 Å². The Morgan fingerprint density at radius 1 is 1.44 bits per heavy atom. The van der Waals surface area contributed by atoms with Gasteiger partial charge in [-0.2, -0.15) is 0 Å². The highest BCUT2D eigenvalue weighted by Gasteiger charge is 2.61. The maximum atomic E-state index is 11.8. The maximum absolute atomic E-state index is 11.8. The SMILES string of the molecule is C=C[C@@H]1CC1(NC(=O)OCCCC)C(=O)OCC. The van der Waals surface area contributed by atoms with E-state index in [1.165, 1.54) is 0 Å². The first-order valence-electron chi connectivity index (χ1n) is 6.35. The number of hydrogen-bond acceptors (Lipinski definition) is 4. The lowest BCUT2D eigenvalue weighted by Gasteiger charge is -2.16. The molecule has 102 valence electrons. The zero-order valence-electron chi connectivity index (χ0n) is 11.0. The molecule has 0 aliphatic heterocycles. The number of rotatable bonds is 7. The van der Waals surface area contributed by atoms with E-state index in [9.17, 15) is 9.59 Å². The summed E-state index contributed by atoms with van der Waals surface area (Å²) in [6.45, 7) is 8.04. The smallest absolute Gasteiger partial charge is 0.408 e. The molecule has 0 radical (unpaired) electrons. The van der Waals surface area contributed by atoms with Gasteiger partial charge in [-0.25, -0.2) is 9.59 Å². The van der Waals surface area contributed by atoms with Crippen LogP contribution in [0, 0.1) is 5.92 Å². The van der Waals surface area contributed by atoms with Gasteiger partial charge in [0, 0.05) is 5.92 Å². The predicted molar refractivity (Wildman–Crippen MR) is 67.1 cm³/mol. The third-order valence-corrected chi connectivity index (χ3v) is 3.00. The second-order valence-corrected chi connectivity index (χ2v) is 4.35. The molecule has 0 bridgehead atoms. The van der Waals surface area contributed by atoms with Crippen LogP contribution in [0.5, 0.6) is 0 Å². The molecule has 1 N–H and O–H groups in total. The van der Waals surface area contributed by atoms with Crippen molar-refractivity contribution in [3.05, 3.63) is 12.7 Å². The predicted octanol–water partition coefficient (Wildman–Crippen LogP) is 2.02. The molecule has 1 aliphatic carbocycles. The molecule has 1 aliphatic rings. The van der Waals surface area contributed by atoms with Crippen molar-refractivity contribution in [1.29, 1.82) is 0 Å². The summed E-state index contributed by atoms with van der Waals surface area (Å²) in [5.41, 5.74) is -0.957. The van der Waals surface area contributed by atoms with Crippen molar-refractivity contribution in [1.82, 2.24) is 5.32 Å². The molecule has 5 nitrogen and oxygen atoms in total. The Hall–Kier alpha value is -1.52. The van der Waals surface area contributed by atoms with Crippen molar-refractivity contribution in [3.63, 3.8) is 0 Å². The maximum Gasteiger partial charge on any atom is 0.408 e. The van der Waals surface area contributed by atoms with Crippen LogP contribution in [0.4, 0.5) is 4.79 Å². The highest BCUT2D eigenvalue weighted by atomic mass is 16.6. The Morgan fingerprint density at radius 2 is 2.17 bits per heavy atom. The number of unbranched alkanes of at least 4 members (excludes halogenated alkanes) is 1. The normalized spacial score (nSPS) is 25.1. The fourth-order valence-electron chi connectivity index (χ4n) is 1.79. The quantitative estimate of drug-likeness (QED) is 0.429. The molecule has 18 heavy (non-hydrogen) atoms. The standard InChI is InChI=1S/C13H21NO4/c1-4-7-8-18-12(16)14-13(9-10(13)5-2)11(15)17-6-3/h5,10H,2,4,6-9H2,1,3H3,(H,14,16)/t10-,13?/m1/s1. The van der Waals surface area contributed by atoms with Crippen LogP contribution in [0.3, 0.4) is 0 Å². The van der Waals surface area contributed by atoms with E-state index in [1.54, 1.807) is 13.0 Å². The second kappa shape index (κ2) is 6.42. The third-order valence-electron chi connectivity index (χ3n) is 3.00. The van der Waals surface area contributed by atoms with E-state index < -0.39 is 17.6 Å². The average molecular weight is 255 g/mol. The van der Waals surface area contributed by atoms with Crippen molar-refractivity contribution in [3.8, 4) is 0 Å².